The highest BCUT2D eigenvalue weighted by molar-refractivity contribution is 6.30. The van der Waals surface area contributed by atoms with Gasteiger partial charge in [0.05, 0.1) is 0 Å². The molecule has 0 saturated carbocycles. The third-order valence-corrected chi connectivity index (χ3v) is 4.89. The molecule has 0 aliphatic carbocycles. The van der Waals surface area contributed by atoms with Crippen molar-refractivity contribution in [3.63, 3.8) is 0 Å². The number of benzene rings is 1. The Hall–Kier alpha value is -3.15. The lowest BCUT2D eigenvalue weighted by Crippen LogP contribution is -2.52. The van der Waals surface area contributed by atoms with Crippen LogP contribution in [0.4, 0.5) is 4.79 Å². The Balaban J connectivity index is 2.12. The van der Waals surface area contributed by atoms with Crippen molar-refractivity contribution in [2.45, 2.75) is 27.7 Å². The molecule has 1 N–H and O–H groups in total. The third-order valence-electron chi connectivity index (χ3n) is 4.89. The number of nitrogens with zero attached hydrogens (tertiary/aromatic N) is 2. The number of aryl methyl sites for hydroxylation is 2. The van der Waals surface area contributed by atoms with E-state index >= 15 is 0 Å². The summed E-state index contributed by atoms with van der Waals surface area (Å²) in [6.45, 7) is 8.06. The molecular formula is C20H21N3O3. The zero-order valence-corrected chi connectivity index (χ0v) is 15.5. The average molecular weight is 351 g/mol. The Morgan fingerprint density at radius 2 is 1.73 bits per heavy atom. The highest BCUT2D eigenvalue weighted by Gasteiger charge is 2.33. The highest BCUT2D eigenvalue weighted by Crippen LogP contribution is 2.26. The second-order valence-electron chi connectivity index (χ2n) is 6.56. The van der Waals surface area contributed by atoms with Crippen LogP contribution in [0.3, 0.4) is 0 Å². The Labute approximate surface area is 152 Å². The smallest absolute Gasteiger partial charge is 0.318 e. The van der Waals surface area contributed by atoms with Gasteiger partial charge < -0.3 is 4.57 Å². The minimum Gasteiger partial charge on any atom is -0.318 e. The van der Waals surface area contributed by atoms with Gasteiger partial charge in [0.25, 0.3) is 11.8 Å². The summed E-state index contributed by atoms with van der Waals surface area (Å²) in [4.78, 5) is 36.8. The second-order valence-corrected chi connectivity index (χ2v) is 6.56. The van der Waals surface area contributed by atoms with Crippen LogP contribution in [0.5, 0.6) is 0 Å². The first kappa shape index (κ1) is 17.7. The van der Waals surface area contributed by atoms with Crippen molar-refractivity contribution in [1.82, 2.24) is 14.8 Å². The van der Waals surface area contributed by atoms with E-state index in [-0.39, 0.29) is 5.57 Å². The van der Waals surface area contributed by atoms with Crippen LogP contribution in [0, 0.1) is 27.7 Å². The Kier molecular flexibility index (Phi) is 4.28. The standard InChI is InChI=1S/C20H21N3O3/c1-11-7-6-8-17(13(11)3)23-12(2)9-15(14(23)4)10-16-18(24)21-20(26)22(5)19(16)25/h6-10H,1-5H3,(H,21,24,26)/b16-10-. The summed E-state index contributed by atoms with van der Waals surface area (Å²) >= 11 is 0. The van der Waals surface area contributed by atoms with Crippen molar-refractivity contribution in [2.75, 3.05) is 7.05 Å². The fourth-order valence-electron chi connectivity index (χ4n) is 3.18. The molecule has 1 aliphatic heterocycles. The van der Waals surface area contributed by atoms with E-state index in [2.05, 4.69) is 29.8 Å². The molecule has 6 nitrogen and oxygen atoms in total. The number of amides is 4. The molecule has 4 amide bonds. The molecule has 1 aromatic carbocycles. The Bertz CT molecular complexity index is 982. The van der Waals surface area contributed by atoms with Crippen molar-refractivity contribution in [1.29, 1.82) is 0 Å². The molecule has 1 aromatic heterocycles. The molecule has 0 unspecified atom stereocenters. The van der Waals surface area contributed by atoms with Crippen LogP contribution < -0.4 is 5.32 Å². The van der Waals surface area contributed by atoms with Crippen molar-refractivity contribution in [3.8, 4) is 5.69 Å². The van der Waals surface area contributed by atoms with Crippen LogP contribution in [0.2, 0.25) is 0 Å². The van der Waals surface area contributed by atoms with Gasteiger partial charge in [-0.2, -0.15) is 0 Å². The van der Waals surface area contributed by atoms with Gasteiger partial charge in [-0.1, -0.05) is 12.1 Å². The number of aromatic nitrogens is 1. The molecule has 0 radical (unpaired) electrons. The summed E-state index contributed by atoms with van der Waals surface area (Å²) in [6, 6.07) is 7.34. The summed E-state index contributed by atoms with van der Waals surface area (Å²) < 4.78 is 2.11. The summed E-state index contributed by atoms with van der Waals surface area (Å²) in [5.41, 5.74) is 6.07. The van der Waals surface area contributed by atoms with E-state index in [9.17, 15) is 14.4 Å². The number of urea groups is 1. The van der Waals surface area contributed by atoms with Gasteiger partial charge in [-0.3, -0.25) is 19.8 Å². The summed E-state index contributed by atoms with van der Waals surface area (Å²) in [7, 11) is 1.34. The van der Waals surface area contributed by atoms with E-state index in [0.717, 1.165) is 27.5 Å². The van der Waals surface area contributed by atoms with Gasteiger partial charge >= 0.3 is 6.03 Å². The largest absolute Gasteiger partial charge is 0.331 e. The van der Waals surface area contributed by atoms with Crippen LogP contribution in [0.1, 0.15) is 28.1 Å². The van der Waals surface area contributed by atoms with Gasteiger partial charge in [0.15, 0.2) is 0 Å². The van der Waals surface area contributed by atoms with E-state index < -0.39 is 17.8 Å². The molecule has 3 rings (SSSR count). The van der Waals surface area contributed by atoms with E-state index in [1.54, 1.807) is 6.08 Å². The van der Waals surface area contributed by atoms with Gasteiger partial charge in [0, 0.05) is 24.1 Å². The number of rotatable bonds is 2. The molecule has 0 atom stereocenters. The number of imide groups is 2. The Morgan fingerprint density at radius 3 is 2.42 bits per heavy atom. The number of hydrogen-bond acceptors (Lipinski definition) is 3. The molecule has 1 saturated heterocycles. The van der Waals surface area contributed by atoms with Crippen LogP contribution in [-0.4, -0.2) is 34.4 Å². The fourth-order valence-corrected chi connectivity index (χ4v) is 3.18. The minimum atomic E-state index is -0.710. The minimum absolute atomic E-state index is 0.0479. The van der Waals surface area contributed by atoms with E-state index in [4.69, 9.17) is 0 Å². The predicted octanol–water partition coefficient (Wildman–Crippen LogP) is 2.80. The number of nitrogens with one attached hydrogen (secondary N) is 1. The lowest BCUT2D eigenvalue weighted by atomic mass is 10.1. The first-order valence-corrected chi connectivity index (χ1v) is 8.33. The Morgan fingerprint density at radius 1 is 1.04 bits per heavy atom. The molecule has 2 heterocycles. The van der Waals surface area contributed by atoms with Crippen LogP contribution >= 0.6 is 0 Å². The van der Waals surface area contributed by atoms with Crippen LogP contribution in [-0.2, 0) is 9.59 Å². The number of hydrogen-bond donors (Lipinski definition) is 1. The molecule has 1 fully saturated rings. The number of barbiturate groups is 1. The number of likely N-dealkylation sites (N-methyl/N-ethyl adjacent to an activating group) is 1. The molecular weight excluding hydrogens is 330 g/mol. The molecule has 134 valence electrons. The first-order valence-electron chi connectivity index (χ1n) is 8.33. The van der Waals surface area contributed by atoms with Crippen molar-refractivity contribution >= 4 is 23.9 Å². The SMILES string of the molecule is Cc1cccc(-n2c(C)cc(/C=C3/C(=O)NC(=O)N(C)C3=O)c2C)c1C. The van der Waals surface area contributed by atoms with Crippen molar-refractivity contribution in [2.24, 2.45) is 0 Å². The van der Waals surface area contributed by atoms with Crippen molar-refractivity contribution in [3.05, 3.63) is 57.9 Å². The molecule has 0 spiro atoms. The van der Waals surface area contributed by atoms with Gasteiger partial charge in [-0.05, 0) is 62.6 Å². The normalized spacial score (nSPS) is 16.4. The summed E-state index contributed by atoms with van der Waals surface area (Å²) in [5, 5.41) is 2.17. The van der Waals surface area contributed by atoms with Gasteiger partial charge in [0.2, 0.25) is 0 Å². The summed E-state index contributed by atoms with van der Waals surface area (Å²) in [5.74, 6) is -1.27. The highest BCUT2D eigenvalue weighted by atomic mass is 16.2. The molecule has 1 aliphatic rings. The zero-order valence-electron chi connectivity index (χ0n) is 15.5. The second kappa shape index (κ2) is 6.29. The van der Waals surface area contributed by atoms with E-state index in [1.807, 2.05) is 32.0 Å². The topological polar surface area (TPSA) is 71.4 Å². The van der Waals surface area contributed by atoms with Gasteiger partial charge in [0.1, 0.15) is 5.57 Å². The maximum atomic E-state index is 12.3. The third kappa shape index (κ3) is 2.73. The number of carbonyl (C=O) groups is 3. The van der Waals surface area contributed by atoms with Gasteiger partial charge in [-0.15, -0.1) is 0 Å². The lowest BCUT2D eigenvalue weighted by molar-refractivity contribution is -0.129. The zero-order chi connectivity index (χ0) is 19.2. The summed E-state index contributed by atoms with van der Waals surface area (Å²) in [6.07, 6.45) is 1.55. The van der Waals surface area contributed by atoms with Crippen LogP contribution in [0.15, 0.2) is 29.8 Å². The predicted molar refractivity (Wildman–Crippen MR) is 99.0 cm³/mol. The lowest BCUT2D eigenvalue weighted by Gasteiger charge is -2.22. The quantitative estimate of drug-likeness (QED) is 0.668. The maximum absolute atomic E-state index is 12.3. The maximum Gasteiger partial charge on any atom is 0.331 e. The molecule has 26 heavy (non-hydrogen) atoms. The first-order chi connectivity index (χ1) is 12.2. The number of carbonyl (C=O) groups excluding carboxylic acids is 3. The van der Waals surface area contributed by atoms with E-state index in [1.165, 1.54) is 18.2 Å². The average Bonchev–Trinajstić information content (AvgIpc) is 2.86. The molecule has 6 heteroatoms. The van der Waals surface area contributed by atoms with Crippen LogP contribution in [0.25, 0.3) is 11.8 Å². The molecule has 2 aromatic rings. The monoisotopic (exact) mass is 351 g/mol. The van der Waals surface area contributed by atoms with Gasteiger partial charge in [-0.25, -0.2) is 4.79 Å². The fraction of sp³-hybridized carbons (Fsp3) is 0.250. The molecule has 0 bridgehead atoms. The van der Waals surface area contributed by atoms with E-state index in [0.29, 0.717) is 0 Å². The van der Waals surface area contributed by atoms with Crippen molar-refractivity contribution < 1.29 is 14.4 Å².